The fourth-order valence-corrected chi connectivity index (χ4v) is 2.01. The van der Waals surface area contributed by atoms with Crippen LogP contribution in [-0.4, -0.2) is 27.6 Å². The van der Waals surface area contributed by atoms with Crippen LogP contribution in [0.2, 0.25) is 0 Å². The Kier molecular flexibility index (Phi) is 5.25. The Balaban J connectivity index is 2.14. The summed E-state index contributed by atoms with van der Waals surface area (Å²) >= 11 is 0. The molecule has 0 aliphatic heterocycles. The van der Waals surface area contributed by atoms with Crippen LogP contribution in [-0.2, 0) is 6.61 Å². The molecule has 2 rings (SSSR count). The van der Waals surface area contributed by atoms with Gasteiger partial charge in [0.25, 0.3) is 0 Å². The second-order valence-corrected chi connectivity index (χ2v) is 4.51. The molecule has 116 valence electrons. The highest BCUT2D eigenvalue weighted by Crippen LogP contribution is 2.30. The molecule has 0 bridgehead atoms. The van der Waals surface area contributed by atoms with Crippen LogP contribution in [0.1, 0.15) is 15.9 Å². The second kappa shape index (κ2) is 7.36. The van der Waals surface area contributed by atoms with Crippen LogP contribution in [0.25, 0.3) is 0 Å². The Morgan fingerprint density at radius 1 is 0.818 bits per heavy atom. The number of methoxy groups -OCH3 is 3. The summed E-state index contributed by atoms with van der Waals surface area (Å²) in [6.07, 6.45) is 0.765. The van der Waals surface area contributed by atoms with Gasteiger partial charge in [0.05, 0.1) is 21.3 Å². The van der Waals surface area contributed by atoms with Crippen LogP contribution >= 0.6 is 0 Å². The molecule has 2 aromatic rings. The summed E-state index contributed by atoms with van der Waals surface area (Å²) in [5.74, 6) is 2.40. The van der Waals surface area contributed by atoms with Crippen LogP contribution in [0.3, 0.4) is 0 Å². The predicted molar refractivity (Wildman–Crippen MR) is 82.3 cm³/mol. The number of rotatable bonds is 7. The highest BCUT2D eigenvalue weighted by molar-refractivity contribution is 5.76. The average molecular weight is 302 g/mol. The van der Waals surface area contributed by atoms with Crippen LogP contribution in [0, 0.1) is 0 Å². The molecule has 0 atom stereocenters. The van der Waals surface area contributed by atoms with Crippen molar-refractivity contribution in [3.8, 4) is 23.0 Å². The molecule has 0 N–H and O–H groups in total. The standard InChI is InChI=1S/C17H18O5/c1-19-14-6-5-13(9-16(14)20-2)11-22-15-7-4-12(10-18)8-17(15)21-3/h4-10H,11H2,1-3H3. The fourth-order valence-electron chi connectivity index (χ4n) is 2.01. The number of carbonyl (C=O) groups excluding carboxylic acids is 1. The molecule has 2 aromatic carbocycles. The van der Waals surface area contributed by atoms with Crippen molar-refractivity contribution in [1.82, 2.24) is 0 Å². The number of hydrogen-bond acceptors (Lipinski definition) is 5. The molecule has 0 unspecified atom stereocenters. The first-order valence-electron chi connectivity index (χ1n) is 6.68. The molecule has 0 saturated heterocycles. The van der Waals surface area contributed by atoms with Gasteiger partial charge in [0.15, 0.2) is 23.0 Å². The number of hydrogen-bond donors (Lipinski definition) is 0. The summed E-state index contributed by atoms with van der Waals surface area (Å²) < 4.78 is 21.4. The summed E-state index contributed by atoms with van der Waals surface area (Å²) in [4.78, 5) is 10.8. The zero-order valence-corrected chi connectivity index (χ0v) is 12.8. The van der Waals surface area contributed by atoms with Gasteiger partial charge in [-0.3, -0.25) is 4.79 Å². The molecule has 0 saturated carbocycles. The van der Waals surface area contributed by atoms with Gasteiger partial charge in [0.2, 0.25) is 0 Å². The van der Waals surface area contributed by atoms with E-state index >= 15 is 0 Å². The molecule has 5 nitrogen and oxygen atoms in total. The molecule has 0 radical (unpaired) electrons. The van der Waals surface area contributed by atoms with Gasteiger partial charge in [0, 0.05) is 5.56 Å². The Hall–Kier alpha value is -2.69. The number of aldehydes is 1. The average Bonchev–Trinajstić information content (AvgIpc) is 2.59. The van der Waals surface area contributed by atoms with Crippen molar-refractivity contribution < 1.29 is 23.7 Å². The van der Waals surface area contributed by atoms with Crippen molar-refractivity contribution in [1.29, 1.82) is 0 Å². The van der Waals surface area contributed by atoms with E-state index in [-0.39, 0.29) is 0 Å². The third kappa shape index (κ3) is 3.49. The molecule has 22 heavy (non-hydrogen) atoms. The van der Waals surface area contributed by atoms with Crippen LogP contribution < -0.4 is 18.9 Å². The van der Waals surface area contributed by atoms with Gasteiger partial charge in [-0.25, -0.2) is 0 Å². The lowest BCUT2D eigenvalue weighted by atomic mass is 10.2. The third-order valence-electron chi connectivity index (χ3n) is 3.17. The van der Waals surface area contributed by atoms with E-state index in [2.05, 4.69) is 0 Å². The molecule has 5 heteroatoms. The van der Waals surface area contributed by atoms with Crippen molar-refractivity contribution >= 4 is 6.29 Å². The molecule has 0 spiro atoms. The van der Waals surface area contributed by atoms with Crippen molar-refractivity contribution in [2.45, 2.75) is 6.61 Å². The normalized spacial score (nSPS) is 9.95. The van der Waals surface area contributed by atoms with E-state index in [4.69, 9.17) is 18.9 Å². The number of benzene rings is 2. The molecule has 0 aliphatic rings. The van der Waals surface area contributed by atoms with Crippen molar-refractivity contribution in [2.75, 3.05) is 21.3 Å². The highest BCUT2D eigenvalue weighted by atomic mass is 16.5. The van der Waals surface area contributed by atoms with Gasteiger partial charge in [-0.2, -0.15) is 0 Å². The van der Waals surface area contributed by atoms with Crippen LogP contribution in [0.15, 0.2) is 36.4 Å². The van der Waals surface area contributed by atoms with Crippen LogP contribution in [0.4, 0.5) is 0 Å². The first-order valence-corrected chi connectivity index (χ1v) is 6.68. The summed E-state index contributed by atoms with van der Waals surface area (Å²) in [5.41, 5.74) is 1.47. The second-order valence-electron chi connectivity index (χ2n) is 4.51. The maximum atomic E-state index is 10.8. The lowest BCUT2D eigenvalue weighted by Crippen LogP contribution is -1.99. The molecular formula is C17H18O5. The summed E-state index contributed by atoms with van der Waals surface area (Å²) in [7, 11) is 4.71. The molecule has 0 aliphatic carbocycles. The van der Waals surface area contributed by atoms with Crippen molar-refractivity contribution in [2.24, 2.45) is 0 Å². The predicted octanol–water partition coefficient (Wildman–Crippen LogP) is 3.10. The monoisotopic (exact) mass is 302 g/mol. The minimum Gasteiger partial charge on any atom is -0.493 e. The van der Waals surface area contributed by atoms with Crippen LogP contribution in [0.5, 0.6) is 23.0 Å². The Labute approximate surface area is 129 Å². The number of ether oxygens (including phenoxy) is 4. The minimum atomic E-state index is 0.344. The van der Waals surface area contributed by atoms with E-state index in [9.17, 15) is 4.79 Å². The van der Waals surface area contributed by atoms with E-state index in [1.54, 1.807) is 32.4 Å². The lowest BCUT2D eigenvalue weighted by molar-refractivity contribution is 0.112. The summed E-state index contributed by atoms with van der Waals surface area (Å²) in [5, 5.41) is 0. The highest BCUT2D eigenvalue weighted by Gasteiger charge is 2.08. The summed E-state index contributed by atoms with van der Waals surface area (Å²) in [6, 6.07) is 10.6. The quantitative estimate of drug-likeness (QED) is 0.736. The Bertz CT molecular complexity index is 651. The minimum absolute atomic E-state index is 0.344. The SMILES string of the molecule is COc1ccc(COc2ccc(C=O)cc2OC)cc1OC. The van der Waals surface area contributed by atoms with Crippen molar-refractivity contribution in [3.63, 3.8) is 0 Å². The van der Waals surface area contributed by atoms with Gasteiger partial charge in [0.1, 0.15) is 12.9 Å². The van der Waals surface area contributed by atoms with E-state index in [0.717, 1.165) is 11.8 Å². The summed E-state index contributed by atoms with van der Waals surface area (Å²) in [6.45, 7) is 0.344. The topological polar surface area (TPSA) is 54.0 Å². The van der Waals surface area contributed by atoms with E-state index in [1.165, 1.54) is 7.11 Å². The fraction of sp³-hybridized carbons (Fsp3) is 0.235. The lowest BCUT2D eigenvalue weighted by Gasteiger charge is -2.13. The maximum absolute atomic E-state index is 10.8. The van der Waals surface area contributed by atoms with E-state index < -0.39 is 0 Å². The molecule has 0 heterocycles. The smallest absolute Gasteiger partial charge is 0.161 e. The molecule has 0 fully saturated rings. The van der Waals surface area contributed by atoms with Gasteiger partial charge >= 0.3 is 0 Å². The first-order chi connectivity index (χ1) is 10.7. The zero-order chi connectivity index (χ0) is 15.9. The number of carbonyl (C=O) groups is 1. The van der Waals surface area contributed by atoms with Crippen molar-refractivity contribution in [3.05, 3.63) is 47.5 Å². The van der Waals surface area contributed by atoms with Gasteiger partial charge in [-0.1, -0.05) is 6.07 Å². The zero-order valence-electron chi connectivity index (χ0n) is 12.8. The molecule has 0 aromatic heterocycles. The maximum Gasteiger partial charge on any atom is 0.161 e. The Morgan fingerprint density at radius 2 is 1.45 bits per heavy atom. The van der Waals surface area contributed by atoms with Gasteiger partial charge < -0.3 is 18.9 Å². The molecular weight excluding hydrogens is 284 g/mol. The first kappa shape index (κ1) is 15.7. The third-order valence-corrected chi connectivity index (χ3v) is 3.17. The molecule has 0 amide bonds. The van der Waals surface area contributed by atoms with Gasteiger partial charge in [-0.15, -0.1) is 0 Å². The Morgan fingerprint density at radius 3 is 2.09 bits per heavy atom. The van der Waals surface area contributed by atoms with E-state index in [1.807, 2.05) is 18.2 Å². The largest absolute Gasteiger partial charge is 0.493 e. The van der Waals surface area contributed by atoms with Gasteiger partial charge in [-0.05, 0) is 35.9 Å². The van der Waals surface area contributed by atoms with E-state index in [0.29, 0.717) is 35.2 Å².